The minimum atomic E-state index is -0.464. The van der Waals surface area contributed by atoms with E-state index in [1.54, 1.807) is 0 Å². The Labute approximate surface area is 178 Å². The van der Waals surface area contributed by atoms with Gasteiger partial charge in [-0.3, -0.25) is 0 Å². The summed E-state index contributed by atoms with van der Waals surface area (Å²) in [7, 11) is -0.464. The third kappa shape index (κ3) is 4.43. The summed E-state index contributed by atoms with van der Waals surface area (Å²) < 4.78 is 6.22. The van der Waals surface area contributed by atoms with Gasteiger partial charge in [0, 0.05) is 5.66 Å². The first-order valence-electron chi connectivity index (χ1n) is 10.7. The number of aliphatic imine (C=N–C) groups is 1. The molecule has 0 saturated carbocycles. The Morgan fingerprint density at radius 1 is 1.03 bits per heavy atom. The lowest BCUT2D eigenvalue weighted by atomic mass is 9.84. The van der Waals surface area contributed by atoms with Crippen molar-refractivity contribution in [3.05, 3.63) is 64.7 Å². The minimum Gasteiger partial charge on any atom is -0.478 e. The molecule has 1 heterocycles. The van der Waals surface area contributed by atoms with Crippen LogP contribution in [0.1, 0.15) is 55.6 Å². The highest BCUT2D eigenvalue weighted by atomic mass is 31.1. The molecule has 1 unspecified atom stereocenters. The van der Waals surface area contributed by atoms with Crippen LogP contribution in [0, 0.1) is 32.1 Å². The zero-order valence-corrected chi connectivity index (χ0v) is 20.2. The number of nitrogens with zero attached hydrogens (tertiary/aromatic N) is 1. The van der Waals surface area contributed by atoms with Crippen molar-refractivity contribution < 1.29 is 4.74 Å². The second kappa shape index (κ2) is 8.60. The Kier molecular flexibility index (Phi) is 6.54. The number of rotatable bonds is 6. The summed E-state index contributed by atoms with van der Waals surface area (Å²) in [4.78, 5) is 5.05. The third-order valence-electron chi connectivity index (χ3n) is 6.17. The largest absolute Gasteiger partial charge is 0.478 e. The SMILES string of the molecule is Cc1cc(C)c(P(C)[C@@H](c2ccccc2)C(C)(C)C2=N[C@@H](C(C)C)CO2)c(C)c1. The molecular formula is C26H36NOP. The predicted octanol–water partition coefficient (Wildman–Crippen LogP) is 6.57. The summed E-state index contributed by atoms with van der Waals surface area (Å²) in [6, 6.07) is 15.9. The molecule has 0 N–H and O–H groups in total. The summed E-state index contributed by atoms with van der Waals surface area (Å²) in [5, 5.41) is 1.52. The minimum absolute atomic E-state index is 0.171. The normalized spacial score (nSPS) is 19.1. The monoisotopic (exact) mass is 409 g/mol. The van der Waals surface area contributed by atoms with E-state index in [1.165, 1.54) is 27.6 Å². The molecule has 156 valence electrons. The second-order valence-electron chi connectivity index (χ2n) is 9.45. The van der Waals surface area contributed by atoms with Crippen LogP contribution in [-0.4, -0.2) is 25.2 Å². The molecule has 0 amide bonds. The summed E-state index contributed by atoms with van der Waals surface area (Å²) in [6.07, 6.45) is 0. The van der Waals surface area contributed by atoms with Gasteiger partial charge in [-0.2, -0.15) is 0 Å². The first-order chi connectivity index (χ1) is 13.6. The fourth-order valence-corrected chi connectivity index (χ4v) is 8.02. The fraction of sp³-hybridized carbons (Fsp3) is 0.500. The predicted molar refractivity (Wildman–Crippen MR) is 128 cm³/mol. The van der Waals surface area contributed by atoms with E-state index in [-0.39, 0.29) is 11.5 Å². The van der Waals surface area contributed by atoms with Crippen molar-refractivity contribution in [1.82, 2.24) is 0 Å². The van der Waals surface area contributed by atoms with Gasteiger partial charge in [0.2, 0.25) is 0 Å². The van der Waals surface area contributed by atoms with Crippen LogP contribution < -0.4 is 5.30 Å². The zero-order valence-electron chi connectivity index (χ0n) is 19.3. The summed E-state index contributed by atoms with van der Waals surface area (Å²) >= 11 is 0. The Morgan fingerprint density at radius 3 is 2.14 bits per heavy atom. The van der Waals surface area contributed by atoms with Crippen LogP contribution in [0.3, 0.4) is 0 Å². The standard InChI is InChI=1S/C26H36NOP/c1-17(2)22-16-28-25(27-22)26(6,7)24(21-12-10-9-11-13-21)29(8)23-19(4)14-18(3)15-20(23)5/h9-15,17,22,24H,16H2,1-8H3/t22-,24+,29?/m1/s1. The van der Waals surface area contributed by atoms with Gasteiger partial charge in [0.1, 0.15) is 6.61 Å². The average Bonchev–Trinajstić information content (AvgIpc) is 3.13. The van der Waals surface area contributed by atoms with Gasteiger partial charge < -0.3 is 4.74 Å². The van der Waals surface area contributed by atoms with E-state index in [9.17, 15) is 0 Å². The van der Waals surface area contributed by atoms with Crippen molar-refractivity contribution >= 4 is 19.1 Å². The van der Waals surface area contributed by atoms with Crippen LogP contribution in [-0.2, 0) is 4.74 Å². The van der Waals surface area contributed by atoms with Gasteiger partial charge in [-0.25, -0.2) is 4.99 Å². The van der Waals surface area contributed by atoms with Crippen molar-refractivity contribution in [3.63, 3.8) is 0 Å². The molecule has 2 aromatic rings. The van der Waals surface area contributed by atoms with Gasteiger partial charge in [-0.15, -0.1) is 0 Å². The van der Waals surface area contributed by atoms with E-state index in [1.807, 2.05) is 0 Å². The van der Waals surface area contributed by atoms with Gasteiger partial charge in [-0.05, 0) is 55.3 Å². The lowest BCUT2D eigenvalue weighted by Crippen LogP contribution is -2.33. The van der Waals surface area contributed by atoms with Crippen LogP contribution in [0.5, 0.6) is 0 Å². The lowest BCUT2D eigenvalue weighted by Gasteiger charge is -2.39. The highest BCUT2D eigenvalue weighted by Gasteiger charge is 2.43. The highest BCUT2D eigenvalue weighted by molar-refractivity contribution is 7.65. The smallest absolute Gasteiger partial charge is 0.190 e. The first kappa shape index (κ1) is 22.0. The Morgan fingerprint density at radius 2 is 1.62 bits per heavy atom. The van der Waals surface area contributed by atoms with E-state index in [2.05, 4.69) is 97.6 Å². The average molecular weight is 410 g/mol. The van der Waals surface area contributed by atoms with Crippen LogP contribution in [0.2, 0.25) is 0 Å². The van der Waals surface area contributed by atoms with Gasteiger partial charge in [-0.1, -0.05) is 83.6 Å². The van der Waals surface area contributed by atoms with Gasteiger partial charge in [0.15, 0.2) is 5.90 Å². The van der Waals surface area contributed by atoms with Crippen molar-refractivity contribution in [2.75, 3.05) is 13.3 Å². The quantitative estimate of drug-likeness (QED) is 0.495. The zero-order chi connectivity index (χ0) is 21.3. The van der Waals surface area contributed by atoms with E-state index < -0.39 is 7.92 Å². The second-order valence-corrected chi connectivity index (χ2v) is 11.6. The first-order valence-corrected chi connectivity index (χ1v) is 12.6. The number of ether oxygens (including phenoxy) is 1. The lowest BCUT2D eigenvalue weighted by molar-refractivity contribution is 0.257. The van der Waals surface area contributed by atoms with Crippen LogP contribution in [0.15, 0.2) is 47.5 Å². The van der Waals surface area contributed by atoms with E-state index >= 15 is 0 Å². The topological polar surface area (TPSA) is 21.6 Å². The molecule has 0 aromatic heterocycles. The molecule has 0 bridgehead atoms. The van der Waals surface area contributed by atoms with Crippen LogP contribution in [0.25, 0.3) is 0 Å². The molecule has 29 heavy (non-hydrogen) atoms. The molecule has 0 spiro atoms. The molecule has 3 atom stereocenters. The summed E-state index contributed by atoms with van der Waals surface area (Å²) in [6.45, 7) is 19.0. The summed E-state index contributed by atoms with van der Waals surface area (Å²) in [5.74, 6) is 1.44. The van der Waals surface area contributed by atoms with E-state index in [4.69, 9.17) is 9.73 Å². The summed E-state index contributed by atoms with van der Waals surface area (Å²) in [5.41, 5.74) is 5.69. The molecule has 0 saturated heterocycles. The van der Waals surface area contributed by atoms with Gasteiger partial charge in [0.05, 0.1) is 11.5 Å². The molecule has 1 aliphatic rings. The maximum Gasteiger partial charge on any atom is 0.190 e. The van der Waals surface area contributed by atoms with E-state index in [0.29, 0.717) is 18.2 Å². The molecule has 1 aliphatic heterocycles. The number of benzene rings is 2. The Balaban J connectivity index is 2.10. The van der Waals surface area contributed by atoms with Gasteiger partial charge >= 0.3 is 0 Å². The number of aryl methyl sites for hydroxylation is 3. The van der Waals surface area contributed by atoms with E-state index in [0.717, 1.165) is 5.90 Å². The van der Waals surface area contributed by atoms with Crippen molar-refractivity contribution in [3.8, 4) is 0 Å². The Bertz CT molecular complexity index is 862. The molecule has 2 nitrogen and oxygen atoms in total. The third-order valence-corrected chi connectivity index (χ3v) is 9.30. The molecule has 3 rings (SSSR count). The molecule has 0 radical (unpaired) electrons. The van der Waals surface area contributed by atoms with Crippen LogP contribution >= 0.6 is 7.92 Å². The Hall–Kier alpha value is -1.66. The molecule has 3 heteroatoms. The number of hydrogen-bond acceptors (Lipinski definition) is 2. The molecule has 0 fully saturated rings. The maximum atomic E-state index is 6.22. The van der Waals surface area contributed by atoms with Crippen molar-refractivity contribution in [1.29, 1.82) is 0 Å². The molecular weight excluding hydrogens is 373 g/mol. The highest BCUT2D eigenvalue weighted by Crippen LogP contribution is 2.58. The van der Waals surface area contributed by atoms with Gasteiger partial charge in [0.25, 0.3) is 0 Å². The van der Waals surface area contributed by atoms with Crippen LogP contribution in [0.4, 0.5) is 0 Å². The van der Waals surface area contributed by atoms with Crippen molar-refractivity contribution in [2.24, 2.45) is 16.3 Å². The molecule has 2 aromatic carbocycles. The fourth-order valence-electron chi connectivity index (χ4n) is 4.82. The van der Waals surface area contributed by atoms with Crippen molar-refractivity contribution in [2.45, 2.75) is 60.2 Å². The number of hydrogen-bond donors (Lipinski definition) is 0. The maximum absolute atomic E-state index is 6.22. The molecule has 0 aliphatic carbocycles.